The number of hydrogen-bond acceptors (Lipinski definition) is 6. The lowest BCUT2D eigenvalue weighted by Crippen LogP contribution is -2.24. The number of aromatic nitrogens is 2. The average Bonchev–Trinajstić information content (AvgIpc) is 2.84. The van der Waals surface area contributed by atoms with Crippen molar-refractivity contribution >= 4 is 5.69 Å². The summed E-state index contributed by atoms with van der Waals surface area (Å²) in [6.07, 6.45) is 4.30. The second-order valence-corrected chi connectivity index (χ2v) is 5.53. The molecule has 22 heavy (non-hydrogen) atoms. The third-order valence-electron chi connectivity index (χ3n) is 4.13. The fourth-order valence-electron chi connectivity index (χ4n) is 2.91. The minimum absolute atomic E-state index is 0.0193. The Morgan fingerprint density at radius 1 is 1.41 bits per heavy atom. The van der Waals surface area contributed by atoms with E-state index in [1.807, 2.05) is 0 Å². The zero-order valence-electron chi connectivity index (χ0n) is 13.0. The second kappa shape index (κ2) is 7.55. The number of hydrogen-bond donors (Lipinski definition) is 1. The predicted octanol–water partition coefficient (Wildman–Crippen LogP) is 1.99. The number of rotatable bonds is 7. The molecule has 1 aliphatic carbocycles. The lowest BCUT2D eigenvalue weighted by atomic mass is 9.93. The Kier molecular flexibility index (Phi) is 5.73. The van der Waals surface area contributed by atoms with E-state index in [4.69, 9.17) is 14.6 Å². The van der Waals surface area contributed by atoms with Gasteiger partial charge in [-0.15, -0.1) is 5.10 Å². The summed E-state index contributed by atoms with van der Waals surface area (Å²) in [4.78, 5) is 10.8. The van der Waals surface area contributed by atoms with Crippen molar-refractivity contribution in [1.82, 2.24) is 9.78 Å². The Hall–Kier alpha value is -1.67. The van der Waals surface area contributed by atoms with Crippen LogP contribution in [0.1, 0.15) is 43.8 Å². The summed E-state index contributed by atoms with van der Waals surface area (Å²) in [5.74, 6) is 0.0461. The number of aliphatic hydroxyl groups is 1. The Balaban J connectivity index is 2.17. The summed E-state index contributed by atoms with van der Waals surface area (Å²) in [6.45, 7) is 1.89. The molecule has 0 aliphatic heterocycles. The normalized spacial score (nSPS) is 21.8. The van der Waals surface area contributed by atoms with Crippen LogP contribution in [0, 0.1) is 17.0 Å². The lowest BCUT2D eigenvalue weighted by molar-refractivity contribution is -0.386. The van der Waals surface area contributed by atoms with Gasteiger partial charge in [-0.2, -0.15) is 0 Å². The Morgan fingerprint density at radius 2 is 2.09 bits per heavy atom. The van der Waals surface area contributed by atoms with Crippen LogP contribution in [-0.2, 0) is 4.74 Å². The molecule has 1 aliphatic rings. The number of nitro groups is 1. The fraction of sp³-hybridized carbons (Fsp3) is 0.786. The van der Waals surface area contributed by atoms with Crippen molar-refractivity contribution in [3.8, 4) is 5.88 Å². The monoisotopic (exact) mass is 313 g/mol. The van der Waals surface area contributed by atoms with Crippen molar-refractivity contribution in [1.29, 1.82) is 0 Å². The minimum Gasteiger partial charge on any atom is -0.472 e. The van der Waals surface area contributed by atoms with Crippen LogP contribution in [0.4, 0.5) is 5.69 Å². The van der Waals surface area contributed by atoms with E-state index in [0.717, 1.165) is 25.7 Å². The van der Waals surface area contributed by atoms with Gasteiger partial charge in [0.1, 0.15) is 5.69 Å². The van der Waals surface area contributed by atoms with E-state index in [0.29, 0.717) is 12.1 Å². The van der Waals surface area contributed by atoms with E-state index in [-0.39, 0.29) is 36.9 Å². The maximum atomic E-state index is 11.3. The van der Waals surface area contributed by atoms with Crippen molar-refractivity contribution < 1.29 is 19.5 Å². The first-order valence-corrected chi connectivity index (χ1v) is 7.58. The van der Waals surface area contributed by atoms with Crippen LogP contribution in [0.15, 0.2) is 0 Å². The SMILES string of the molecule is COC1CCC(n2nc(OCCCO)c([N+](=O)[O-])c2C)CC1. The standard InChI is InChI=1S/C14H23N3O5/c1-10-13(17(19)20)14(22-9-3-8-18)15-16(10)11-4-6-12(21-2)7-5-11/h11-12,18H,3-9H2,1-2H3. The molecule has 0 atom stereocenters. The van der Waals surface area contributed by atoms with E-state index in [1.165, 1.54) is 0 Å². The highest BCUT2D eigenvalue weighted by molar-refractivity contribution is 5.45. The van der Waals surface area contributed by atoms with Gasteiger partial charge in [0.2, 0.25) is 0 Å². The van der Waals surface area contributed by atoms with Crippen molar-refractivity contribution in [2.45, 2.75) is 51.2 Å². The molecule has 1 aromatic heterocycles. The van der Waals surface area contributed by atoms with Crippen LogP contribution < -0.4 is 4.74 Å². The molecule has 0 saturated heterocycles. The summed E-state index contributed by atoms with van der Waals surface area (Å²) < 4.78 is 12.4. The molecule has 8 heteroatoms. The molecule has 1 saturated carbocycles. The zero-order chi connectivity index (χ0) is 16.1. The van der Waals surface area contributed by atoms with Crippen LogP contribution in [-0.4, -0.2) is 46.2 Å². The Morgan fingerprint density at radius 3 is 2.64 bits per heavy atom. The van der Waals surface area contributed by atoms with E-state index in [1.54, 1.807) is 18.7 Å². The molecule has 0 amide bonds. The van der Waals surface area contributed by atoms with E-state index in [2.05, 4.69) is 5.10 Å². The van der Waals surface area contributed by atoms with Crippen LogP contribution >= 0.6 is 0 Å². The smallest absolute Gasteiger partial charge is 0.352 e. The van der Waals surface area contributed by atoms with Crippen LogP contribution in [0.3, 0.4) is 0 Å². The largest absolute Gasteiger partial charge is 0.472 e. The summed E-state index contributed by atoms with van der Waals surface area (Å²) in [7, 11) is 1.71. The van der Waals surface area contributed by atoms with Gasteiger partial charge < -0.3 is 14.6 Å². The highest BCUT2D eigenvalue weighted by Crippen LogP contribution is 2.36. The summed E-state index contributed by atoms with van der Waals surface area (Å²) >= 11 is 0. The molecule has 124 valence electrons. The van der Waals surface area contributed by atoms with Crippen LogP contribution in [0.25, 0.3) is 0 Å². The Bertz CT molecular complexity index is 509. The van der Waals surface area contributed by atoms with Gasteiger partial charge in [-0.25, -0.2) is 0 Å². The number of nitrogens with zero attached hydrogens (tertiary/aromatic N) is 3. The topological polar surface area (TPSA) is 99.7 Å². The van der Waals surface area contributed by atoms with E-state index < -0.39 is 4.92 Å². The number of methoxy groups -OCH3 is 1. The molecule has 8 nitrogen and oxygen atoms in total. The maximum absolute atomic E-state index is 11.3. The molecular formula is C14H23N3O5. The third-order valence-corrected chi connectivity index (χ3v) is 4.13. The fourth-order valence-corrected chi connectivity index (χ4v) is 2.91. The van der Waals surface area contributed by atoms with Crippen molar-refractivity contribution in [3.05, 3.63) is 15.8 Å². The molecule has 0 unspecified atom stereocenters. The second-order valence-electron chi connectivity index (χ2n) is 5.53. The molecule has 1 fully saturated rings. The van der Waals surface area contributed by atoms with Crippen LogP contribution in [0.5, 0.6) is 5.88 Å². The van der Waals surface area contributed by atoms with Crippen molar-refractivity contribution in [3.63, 3.8) is 0 Å². The van der Waals surface area contributed by atoms with Crippen LogP contribution in [0.2, 0.25) is 0 Å². The third kappa shape index (κ3) is 3.56. The minimum atomic E-state index is -0.450. The maximum Gasteiger partial charge on any atom is 0.352 e. The van der Waals surface area contributed by atoms with Gasteiger partial charge in [0.05, 0.1) is 23.7 Å². The molecule has 2 rings (SSSR count). The summed E-state index contributed by atoms with van der Waals surface area (Å²) in [6, 6.07) is 0.139. The molecule has 0 aromatic carbocycles. The van der Waals surface area contributed by atoms with Gasteiger partial charge in [-0.05, 0) is 32.6 Å². The molecule has 0 bridgehead atoms. The van der Waals surface area contributed by atoms with E-state index >= 15 is 0 Å². The van der Waals surface area contributed by atoms with Gasteiger partial charge in [-0.3, -0.25) is 14.8 Å². The van der Waals surface area contributed by atoms with Gasteiger partial charge >= 0.3 is 11.6 Å². The van der Waals surface area contributed by atoms with Crippen molar-refractivity contribution in [2.24, 2.45) is 0 Å². The molecule has 1 aromatic rings. The summed E-state index contributed by atoms with van der Waals surface area (Å²) in [5.41, 5.74) is 0.441. The van der Waals surface area contributed by atoms with E-state index in [9.17, 15) is 10.1 Å². The lowest BCUT2D eigenvalue weighted by Gasteiger charge is -2.28. The first kappa shape index (κ1) is 16.7. The number of aliphatic hydroxyl groups excluding tert-OH is 1. The average molecular weight is 313 g/mol. The molecule has 0 spiro atoms. The van der Waals surface area contributed by atoms with Gasteiger partial charge in [0.25, 0.3) is 0 Å². The first-order chi connectivity index (χ1) is 10.6. The molecule has 1 heterocycles. The van der Waals surface area contributed by atoms with Crippen molar-refractivity contribution in [2.75, 3.05) is 20.3 Å². The molecule has 0 radical (unpaired) electrons. The zero-order valence-corrected chi connectivity index (χ0v) is 13.0. The highest BCUT2D eigenvalue weighted by Gasteiger charge is 2.31. The number of ether oxygens (including phenoxy) is 2. The van der Waals surface area contributed by atoms with Gasteiger partial charge in [0.15, 0.2) is 0 Å². The summed E-state index contributed by atoms with van der Waals surface area (Å²) in [5, 5.41) is 24.4. The van der Waals surface area contributed by atoms with Gasteiger partial charge in [0, 0.05) is 20.1 Å². The first-order valence-electron chi connectivity index (χ1n) is 7.58. The molecular weight excluding hydrogens is 290 g/mol. The van der Waals surface area contributed by atoms with Gasteiger partial charge in [-0.1, -0.05) is 0 Å². The Labute approximate surface area is 129 Å². The quantitative estimate of drug-likeness (QED) is 0.469. The highest BCUT2D eigenvalue weighted by atomic mass is 16.6. The molecule has 1 N–H and O–H groups in total. The predicted molar refractivity (Wildman–Crippen MR) is 79.1 cm³/mol.